The second-order valence-corrected chi connectivity index (χ2v) is 4.14. The summed E-state index contributed by atoms with van der Waals surface area (Å²) in [6.07, 6.45) is 3.55. The summed E-state index contributed by atoms with van der Waals surface area (Å²) in [6.45, 7) is 4.02. The molecule has 0 fully saturated rings. The van der Waals surface area contributed by atoms with E-state index in [9.17, 15) is 4.79 Å². The Morgan fingerprint density at radius 3 is 2.36 bits per heavy atom. The van der Waals surface area contributed by atoms with E-state index in [1.54, 1.807) is 0 Å². The Labute approximate surface area is 81.6 Å². The van der Waals surface area contributed by atoms with Gasteiger partial charge in [-0.25, -0.2) is 0 Å². The van der Waals surface area contributed by atoms with Gasteiger partial charge in [-0.2, -0.15) is 0 Å². The molecule has 0 saturated carbocycles. The predicted octanol–water partition coefficient (Wildman–Crippen LogP) is 3.49. The Hall–Kier alpha value is 0.440. The minimum Gasteiger partial charge on any atom is -0.285 e. The summed E-state index contributed by atoms with van der Waals surface area (Å²) < 4.78 is -0.0809. The summed E-state index contributed by atoms with van der Waals surface area (Å²) >= 11 is 8.96. The van der Waals surface area contributed by atoms with Crippen molar-refractivity contribution in [3.63, 3.8) is 0 Å². The van der Waals surface area contributed by atoms with Crippen LogP contribution in [-0.4, -0.2) is 9.57 Å². The zero-order valence-corrected chi connectivity index (χ0v) is 9.33. The van der Waals surface area contributed by atoms with Crippen molar-refractivity contribution in [2.24, 2.45) is 0 Å². The lowest BCUT2D eigenvalue weighted by Gasteiger charge is -2.20. The number of carbonyl (C=O) groups is 1. The average molecular weight is 242 g/mol. The minimum atomic E-state index is -0.657. The summed E-state index contributed by atoms with van der Waals surface area (Å²) in [6, 6.07) is 0. The van der Waals surface area contributed by atoms with Crippen molar-refractivity contribution in [1.29, 1.82) is 0 Å². The topological polar surface area (TPSA) is 17.1 Å². The summed E-state index contributed by atoms with van der Waals surface area (Å²) in [5, 5.41) is 0. The molecule has 0 amide bonds. The van der Waals surface area contributed by atoms with E-state index in [1.165, 1.54) is 0 Å². The first-order valence-corrected chi connectivity index (χ1v) is 5.12. The number of unbranched alkanes of at least 4 members (excludes halogenated alkanes) is 1. The van der Waals surface area contributed by atoms with E-state index in [4.69, 9.17) is 11.6 Å². The fourth-order valence-corrected chi connectivity index (χ4v) is 1.48. The van der Waals surface area contributed by atoms with E-state index in [2.05, 4.69) is 22.9 Å². The van der Waals surface area contributed by atoms with Crippen molar-refractivity contribution in [2.75, 3.05) is 0 Å². The van der Waals surface area contributed by atoms with E-state index in [-0.39, 0.29) is 4.69 Å². The second kappa shape index (κ2) is 5.15. The van der Waals surface area contributed by atoms with Gasteiger partial charge in [0, 0.05) is 0 Å². The average Bonchev–Trinajstić information content (AvgIpc) is 2.00. The lowest BCUT2D eigenvalue weighted by molar-refractivity contribution is -0.112. The molecule has 0 radical (unpaired) electrons. The SMILES string of the molecule is CCCCC(Cl)(CC)C(=O)Br. The summed E-state index contributed by atoms with van der Waals surface area (Å²) in [5.41, 5.74) is 0. The molecule has 0 bridgehead atoms. The number of alkyl halides is 1. The largest absolute Gasteiger partial charge is 0.285 e. The van der Waals surface area contributed by atoms with Gasteiger partial charge in [0.15, 0.2) is 0 Å². The lowest BCUT2D eigenvalue weighted by Crippen LogP contribution is -2.27. The van der Waals surface area contributed by atoms with E-state index in [0.29, 0.717) is 6.42 Å². The molecule has 11 heavy (non-hydrogen) atoms. The number of carbonyl (C=O) groups excluding carboxylic acids is 1. The molecular weight excluding hydrogens is 227 g/mol. The van der Waals surface area contributed by atoms with Crippen LogP contribution in [0.2, 0.25) is 0 Å². The molecule has 3 heteroatoms. The Balaban J connectivity index is 3.99. The molecule has 0 aliphatic heterocycles. The van der Waals surface area contributed by atoms with Crippen LogP contribution >= 0.6 is 27.5 Å². The highest BCUT2D eigenvalue weighted by Gasteiger charge is 2.31. The fraction of sp³-hybridized carbons (Fsp3) is 0.875. The van der Waals surface area contributed by atoms with Gasteiger partial charge in [-0.3, -0.25) is 4.79 Å². The Kier molecular flexibility index (Phi) is 5.36. The number of hydrogen-bond acceptors (Lipinski definition) is 1. The first kappa shape index (κ1) is 11.4. The molecule has 0 N–H and O–H groups in total. The van der Waals surface area contributed by atoms with E-state index in [0.717, 1.165) is 19.3 Å². The smallest absolute Gasteiger partial charge is 0.218 e. The number of rotatable bonds is 5. The first-order chi connectivity index (χ1) is 5.06. The van der Waals surface area contributed by atoms with Gasteiger partial charge in [0.2, 0.25) is 4.69 Å². The molecule has 0 aliphatic rings. The summed E-state index contributed by atoms with van der Waals surface area (Å²) in [4.78, 5) is 10.3. The zero-order chi connectivity index (χ0) is 8.91. The van der Waals surface area contributed by atoms with Crippen LogP contribution < -0.4 is 0 Å². The molecule has 0 aromatic carbocycles. The Morgan fingerprint density at radius 1 is 1.55 bits per heavy atom. The molecule has 1 unspecified atom stereocenters. The van der Waals surface area contributed by atoms with Crippen molar-refractivity contribution in [3.8, 4) is 0 Å². The van der Waals surface area contributed by atoms with E-state index in [1.807, 2.05) is 6.92 Å². The molecule has 0 saturated heterocycles. The van der Waals surface area contributed by atoms with Crippen LogP contribution in [0.1, 0.15) is 39.5 Å². The van der Waals surface area contributed by atoms with Gasteiger partial charge in [-0.15, -0.1) is 11.6 Å². The van der Waals surface area contributed by atoms with Crippen LogP contribution in [-0.2, 0) is 4.79 Å². The molecule has 0 heterocycles. The minimum absolute atomic E-state index is 0.0809. The van der Waals surface area contributed by atoms with Gasteiger partial charge >= 0.3 is 0 Å². The number of hydrogen-bond donors (Lipinski definition) is 0. The first-order valence-electron chi connectivity index (χ1n) is 3.95. The van der Waals surface area contributed by atoms with Crippen molar-refractivity contribution < 1.29 is 4.79 Å². The van der Waals surface area contributed by atoms with Crippen LogP contribution in [0.5, 0.6) is 0 Å². The van der Waals surface area contributed by atoms with E-state index < -0.39 is 4.87 Å². The molecule has 1 atom stereocenters. The number of halogens is 2. The third-order valence-electron chi connectivity index (χ3n) is 1.84. The molecule has 66 valence electrons. The quantitative estimate of drug-likeness (QED) is 0.532. The second-order valence-electron chi connectivity index (χ2n) is 2.70. The maximum Gasteiger partial charge on any atom is 0.218 e. The molecular formula is C8H14BrClO. The van der Waals surface area contributed by atoms with Crippen LogP contribution in [0.15, 0.2) is 0 Å². The maximum atomic E-state index is 11.0. The Bertz CT molecular complexity index is 138. The van der Waals surface area contributed by atoms with Crippen LogP contribution in [0.3, 0.4) is 0 Å². The predicted molar refractivity (Wildman–Crippen MR) is 52.3 cm³/mol. The highest BCUT2D eigenvalue weighted by molar-refractivity contribution is 9.18. The summed E-state index contributed by atoms with van der Waals surface area (Å²) in [5.74, 6) is 0. The third-order valence-corrected chi connectivity index (χ3v) is 3.45. The van der Waals surface area contributed by atoms with Gasteiger partial charge in [0.1, 0.15) is 4.87 Å². The van der Waals surface area contributed by atoms with Gasteiger partial charge in [-0.1, -0.05) is 26.7 Å². The molecule has 0 rings (SSSR count). The monoisotopic (exact) mass is 240 g/mol. The third kappa shape index (κ3) is 3.57. The summed E-state index contributed by atoms with van der Waals surface area (Å²) in [7, 11) is 0. The normalized spacial score (nSPS) is 16.0. The van der Waals surface area contributed by atoms with Crippen molar-refractivity contribution in [2.45, 2.75) is 44.4 Å². The van der Waals surface area contributed by atoms with Gasteiger partial charge in [-0.05, 0) is 28.8 Å². The van der Waals surface area contributed by atoms with E-state index >= 15 is 0 Å². The standard InChI is InChI=1S/C8H14BrClO/c1-3-5-6-8(10,4-2)7(9)11/h3-6H2,1-2H3. The molecule has 0 spiro atoms. The van der Waals surface area contributed by atoms with Crippen molar-refractivity contribution in [3.05, 3.63) is 0 Å². The van der Waals surface area contributed by atoms with Crippen molar-refractivity contribution in [1.82, 2.24) is 0 Å². The van der Waals surface area contributed by atoms with Crippen LogP contribution in [0.4, 0.5) is 0 Å². The van der Waals surface area contributed by atoms with Crippen molar-refractivity contribution >= 4 is 32.2 Å². The van der Waals surface area contributed by atoms with Crippen LogP contribution in [0.25, 0.3) is 0 Å². The highest BCUT2D eigenvalue weighted by Crippen LogP contribution is 2.29. The van der Waals surface area contributed by atoms with Gasteiger partial charge < -0.3 is 0 Å². The maximum absolute atomic E-state index is 11.0. The molecule has 1 nitrogen and oxygen atoms in total. The zero-order valence-electron chi connectivity index (χ0n) is 6.99. The Morgan fingerprint density at radius 2 is 2.09 bits per heavy atom. The fourth-order valence-electron chi connectivity index (χ4n) is 0.871. The molecule has 0 aromatic rings. The lowest BCUT2D eigenvalue weighted by atomic mass is 10.0. The van der Waals surface area contributed by atoms with Crippen LogP contribution in [0, 0.1) is 0 Å². The van der Waals surface area contributed by atoms with Gasteiger partial charge in [0.25, 0.3) is 0 Å². The van der Waals surface area contributed by atoms with Gasteiger partial charge in [0.05, 0.1) is 0 Å². The molecule has 0 aliphatic carbocycles. The molecule has 0 aromatic heterocycles. The highest BCUT2D eigenvalue weighted by atomic mass is 79.9.